The van der Waals surface area contributed by atoms with Gasteiger partial charge in [0.15, 0.2) is 0 Å². The van der Waals surface area contributed by atoms with Gasteiger partial charge in [0.25, 0.3) is 0 Å². The number of halogens is 1. The van der Waals surface area contributed by atoms with Crippen LogP contribution in [-0.2, 0) is 15.1 Å². The molecule has 0 heterocycles. The minimum absolute atomic E-state index is 0. The van der Waals surface area contributed by atoms with Crippen LogP contribution in [0.2, 0.25) is 0 Å². The van der Waals surface area contributed by atoms with E-state index in [2.05, 4.69) is 39.8 Å². The van der Waals surface area contributed by atoms with Crippen molar-refractivity contribution in [3.63, 3.8) is 0 Å². The van der Waals surface area contributed by atoms with Crippen molar-refractivity contribution < 1.29 is 9.53 Å². The number of unbranched alkanes of at least 4 members (excludes halogenated alkanes) is 4. The lowest BCUT2D eigenvalue weighted by molar-refractivity contribution is -0.164. The lowest BCUT2D eigenvalue weighted by Crippen LogP contribution is -2.57. The molecule has 1 aromatic carbocycles. The molecule has 1 atom stereocenters. The molecular weight excluding hydrogens is 426 g/mol. The molecule has 0 aliphatic carbocycles. The lowest BCUT2D eigenvalue weighted by atomic mass is 9.59. The highest BCUT2D eigenvalue weighted by Crippen LogP contribution is 2.49. The molecule has 1 aromatic rings. The summed E-state index contributed by atoms with van der Waals surface area (Å²) in [6, 6.07) is 10.3. The minimum atomic E-state index is -0.697. The van der Waals surface area contributed by atoms with Gasteiger partial charge in [0.1, 0.15) is 0 Å². The Balaban J connectivity index is 0.00000784. The van der Waals surface area contributed by atoms with Gasteiger partial charge in [-0.25, -0.2) is 0 Å². The molecule has 1 unspecified atom stereocenters. The second-order valence-corrected chi connectivity index (χ2v) is 8.22. The first kappa shape index (κ1) is 28.1. The quantitative estimate of drug-likeness (QED) is 0.216. The van der Waals surface area contributed by atoms with E-state index in [1.807, 2.05) is 18.2 Å². The summed E-state index contributed by atoms with van der Waals surface area (Å²) in [6.45, 7) is 9.16. The molecule has 168 valence electrons. The average molecular weight is 471 g/mol. The second-order valence-electron chi connectivity index (χ2n) is 8.22. The number of ether oxygens (including phenoxy) is 1. The van der Waals surface area contributed by atoms with Gasteiger partial charge in [-0.3, -0.25) is 4.79 Å². The van der Waals surface area contributed by atoms with Crippen molar-refractivity contribution in [3.05, 3.63) is 35.9 Å². The monoisotopic (exact) mass is 469 g/mol. The van der Waals surface area contributed by atoms with Crippen LogP contribution < -0.4 is 5.73 Å². The van der Waals surface area contributed by atoms with E-state index in [9.17, 15) is 4.79 Å². The minimum Gasteiger partial charge on any atom is -0.465 e. The third-order valence-corrected chi connectivity index (χ3v) is 6.10. The predicted octanol–water partition coefficient (Wildman–Crippen LogP) is 7.32. The summed E-state index contributed by atoms with van der Waals surface area (Å²) < 4.78 is 5.87. The first-order valence-corrected chi connectivity index (χ1v) is 11.5. The lowest BCUT2D eigenvalue weighted by Gasteiger charge is -2.48. The van der Waals surface area contributed by atoms with E-state index in [1.165, 1.54) is 0 Å². The molecule has 0 aliphatic rings. The Morgan fingerprint density at radius 1 is 0.828 bits per heavy atom. The van der Waals surface area contributed by atoms with Gasteiger partial charge in [-0.15, -0.1) is 17.0 Å². The molecule has 0 amide bonds. The maximum atomic E-state index is 13.6. The van der Waals surface area contributed by atoms with Gasteiger partial charge in [-0.1, -0.05) is 103 Å². The summed E-state index contributed by atoms with van der Waals surface area (Å²) in [5.74, 6) is -0.0784. The van der Waals surface area contributed by atoms with E-state index in [-0.39, 0.29) is 23.0 Å². The SMILES string of the molecule is Br.CCCCOC(=O)C(CCCC)(CCCC)C(N)(CCCC)c1ccccc1. The summed E-state index contributed by atoms with van der Waals surface area (Å²) in [4.78, 5) is 13.6. The fourth-order valence-corrected chi connectivity index (χ4v) is 4.21. The van der Waals surface area contributed by atoms with Crippen molar-refractivity contribution in [2.75, 3.05) is 6.61 Å². The Labute approximate surface area is 189 Å². The van der Waals surface area contributed by atoms with E-state index in [0.29, 0.717) is 6.61 Å². The van der Waals surface area contributed by atoms with E-state index in [1.54, 1.807) is 0 Å². The summed E-state index contributed by atoms with van der Waals surface area (Å²) in [5, 5.41) is 0. The molecule has 0 fully saturated rings. The summed E-state index contributed by atoms with van der Waals surface area (Å²) in [6.07, 6.45) is 10.5. The Morgan fingerprint density at radius 2 is 1.31 bits per heavy atom. The number of benzene rings is 1. The van der Waals surface area contributed by atoms with E-state index < -0.39 is 11.0 Å². The van der Waals surface area contributed by atoms with Gasteiger partial charge in [0.05, 0.1) is 17.6 Å². The fraction of sp³-hybridized carbons (Fsp3) is 0.720. The van der Waals surface area contributed by atoms with E-state index in [0.717, 1.165) is 76.2 Å². The average Bonchev–Trinajstić information content (AvgIpc) is 2.73. The number of hydrogen-bond donors (Lipinski definition) is 1. The molecule has 0 saturated heterocycles. The first-order chi connectivity index (χ1) is 13.5. The molecule has 2 N–H and O–H groups in total. The Kier molecular flexibility index (Phi) is 14.6. The van der Waals surface area contributed by atoms with Crippen molar-refractivity contribution in [1.29, 1.82) is 0 Å². The third-order valence-electron chi connectivity index (χ3n) is 6.10. The molecule has 1 rings (SSSR count). The molecule has 29 heavy (non-hydrogen) atoms. The van der Waals surface area contributed by atoms with E-state index in [4.69, 9.17) is 10.5 Å². The smallest absolute Gasteiger partial charge is 0.314 e. The maximum Gasteiger partial charge on any atom is 0.314 e. The summed E-state index contributed by atoms with van der Waals surface area (Å²) >= 11 is 0. The molecular formula is C25H44BrNO2. The molecule has 0 aromatic heterocycles. The number of esters is 1. The number of nitrogens with two attached hydrogens (primary N) is 1. The predicted molar refractivity (Wildman–Crippen MR) is 130 cm³/mol. The number of carbonyl (C=O) groups is 1. The standard InChI is InChI=1S/C25H43NO2.BrH/c1-5-9-18-24(19-10-6-2,23(27)28-21-12-8-4)25(26,20-11-7-3)22-16-14-13-15-17-22;/h13-17H,5-12,18-21,26H2,1-4H3;1H. The van der Waals surface area contributed by atoms with Crippen LogP contribution in [0.4, 0.5) is 0 Å². The third kappa shape index (κ3) is 7.40. The molecule has 0 radical (unpaired) electrons. The van der Waals surface area contributed by atoms with Crippen LogP contribution >= 0.6 is 17.0 Å². The fourth-order valence-electron chi connectivity index (χ4n) is 4.21. The van der Waals surface area contributed by atoms with Gasteiger partial charge in [0.2, 0.25) is 0 Å². The first-order valence-electron chi connectivity index (χ1n) is 11.5. The van der Waals surface area contributed by atoms with Gasteiger partial charge < -0.3 is 10.5 Å². The second kappa shape index (κ2) is 15.0. The van der Waals surface area contributed by atoms with Crippen molar-refractivity contribution in [1.82, 2.24) is 0 Å². The Morgan fingerprint density at radius 3 is 1.79 bits per heavy atom. The van der Waals surface area contributed by atoms with Gasteiger partial charge in [-0.2, -0.15) is 0 Å². The van der Waals surface area contributed by atoms with Crippen LogP contribution in [0.25, 0.3) is 0 Å². The highest BCUT2D eigenvalue weighted by atomic mass is 79.9. The van der Waals surface area contributed by atoms with Crippen LogP contribution in [0.1, 0.15) is 104 Å². The zero-order valence-electron chi connectivity index (χ0n) is 19.2. The summed E-state index contributed by atoms with van der Waals surface area (Å²) in [5.41, 5.74) is 6.98. The Hall–Kier alpha value is -0.870. The molecule has 0 saturated carbocycles. The molecule has 0 bridgehead atoms. The van der Waals surface area contributed by atoms with Crippen molar-refractivity contribution in [3.8, 4) is 0 Å². The van der Waals surface area contributed by atoms with Crippen molar-refractivity contribution in [2.24, 2.45) is 11.1 Å². The van der Waals surface area contributed by atoms with Crippen molar-refractivity contribution in [2.45, 2.75) is 104 Å². The maximum absolute atomic E-state index is 13.6. The topological polar surface area (TPSA) is 52.3 Å². The van der Waals surface area contributed by atoms with Gasteiger partial charge in [0, 0.05) is 0 Å². The number of hydrogen-bond acceptors (Lipinski definition) is 3. The largest absolute Gasteiger partial charge is 0.465 e. The van der Waals surface area contributed by atoms with Crippen LogP contribution in [0, 0.1) is 5.41 Å². The highest BCUT2D eigenvalue weighted by molar-refractivity contribution is 8.93. The van der Waals surface area contributed by atoms with Crippen LogP contribution in [0.5, 0.6) is 0 Å². The highest BCUT2D eigenvalue weighted by Gasteiger charge is 2.54. The molecule has 0 aliphatic heterocycles. The normalized spacial score (nSPS) is 13.4. The molecule has 3 nitrogen and oxygen atoms in total. The van der Waals surface area contributed by atoms with Crippen molar-refractivity contribution >= 4 is 23.0 Å². The molecule has 4 heteroatoms. The zero-order chi connectivity index (χ0) is 20.9. The van der Waals surface area contributed by atoms with Crippen LogP contribution in [0.3, 0.4) is 0 Å². The zero-order valence-corrected chi connectivity index (χ0v) is 20.9. The van der Waals surface area contributed by atoms with Crippen LogP contribution in [-0.4, -0.2) is 12.6 Å². The number of carbonyl (C=O) groups excluding carboxylic acids is 1. The van der Waals surface area contributed by atoms with Crippen LogP contribution in [0.15, 0.2) is 30.3 Å². The molecule has 0 spiro atoms. The van der Waals surface area contributed by atoms with Gasteiger partial charge >= 0.3 is 5.97 Å². The Bertz CT molecular complexity index is 541. The van der Waals surface area contributed by atoms with Gasteiger partial charge in [-0.05, 0) is 31.2 Å². The van der Waals surface area contributed by atoms with E-state index >= 15 is 0 Å². The number of rotatable bonds is 15. The summed E-state index contributed by atoms with van der Waals surface area (Å²) in [7, 11) is 0.